The summed E-state index contributed by atoms with van der Waals surface area (Å²) in [5.74, 6) is 3.48. The molecule has 1 aliphatic carbocycles. The van der Waals surface area contributed by atoms with Crippen molar-refractivity contribution in [3.8, 4) is 0 Å². The third-order valence-electron chi connectivity index (χ3n) is 3.92. The molecule has 0 amide bonds. The number of nitrogens with zero attached hydrogens (tertiary/aromatic N) is 3. The van der Waals surface area contributed by atoms with Gasteiger partial charge >= 0.3 is 0 Å². The van der Waals surface area contributed by atoms with E-state index < -0.39 is 0 Å². The molecule has 2 aliphatic rings. The van der Waals surface area contributed by atoms with Crippen molar-refractivity contribution in [2.45, 2.75) is 37.6 Å². The zero-order chi connectivity index (χ0) is 13.2. The highest BCUT2D eigenvalue weighted by Crippen LogP contribution is 2.38. The first-order valence-electron chi connectivity index (χ1n) is 7.26. The molecule has 3 rings (SSSR count). The number of rotatable bonds is 4. The van der Waals surface area contributed by atoms with Crippen LogP contribution >= 0.6 is 0 Å². The summed E-state index contributed by atoms with van der Waals surface area (Å²) < 4.78 is 0. The lowest BCUT2D eigenvalue weighted by Crippen LogP contribution is -2.39. The second-order valence-electron chi connectivity index (χ2n) is 5.77. The number of likely N-dealkylation sites (N-methyl/N-ethyl adjacent to an activating group) is 1. The van der Waals surface area contributed by atoms with E-state index in [1.165, 1.54) is 32.2 Å². The van der Waals surface area contributed by atoms with Gasteiger partial charge in [-0.3, -0.25) is 0 Å². The number of likely N-dealkylation sites (tertiary alicyclic amines) is 1. The first kappa shape index (κ1) is 12.7. The highest BCUT2D eigenvalue weighted by Gasteiger charge is 2.27. The van der Waals surface area contributed by atoms with Crippen LogP contribution in [0, 0.1) is 0 Å². The Morgan fingerprint density at radius 3 is 2.68 bits per heavy atom. The average Bonchev–Trinajstić information content (AvgIpc) is 3.22. The molecule has 0 bridgehead atoms. The summed E-state index contributed by atoms with van der Waals surface area (Å²) in [6, 6.07) is 2.52. The highest BCUT2D eigenvalue weighted by atomic mass is 15.2. The van der Waals surface area contributed by atoms with E-state index in [2.05, 4.69) is 32.5 Å². The summed E-state index contributed by atoms with van der Waals surface area (Å²) in [5, 5.41) is 6.71. The van der Waals surface area contributed by atoms with Crippen molar-refractivity contribution in [1.29, 1.82) is 0 Å². The molecule has 2 N–H and O–H groups in total. The number of hydrogen-bond acceptors (Lipinski definition) is 5. The highest BCUT2D eigenvalue weighted by molar-refractivity contribution is 5.48. The predicted molar refractivity (Wildman–Crippen MR) is 77.7 cm³/mol. The molecule has 1 saturated carbocycles. The molecule has 0 spiro atoms. The van der Waals surface area contributed by atoms with Gasteiger partial charge in [0.1, 0.15) is 17.5 Å². The average molecular weight is 261 g/mol. The minimum absolute atomic E-state index is 0.505. The van der Waals surface area contributed by atoms with Gasteiger partial charge in [0.05, 0.1) is 0 Å². The minimum Gasteiger partial charge on any atom is -0.373 e. The SMILES string of the molecule is CNc1cc(NC2CCCN(C)C2)nc(C2CC2)n1. The number of hydrogen-bond donors (Lipinski definition) is 2. The summed E-state index contributed by atoms with van der Waals surface area (Å²) >= 11 is 0. The molecule has 2 fully saturated rings. The van der Waals surface area contributed by atoms with Crippen molar-refractivity contribution in [2.24, 2.45) is 0 Å². The molecule has 5 nitrogen and oxygen atoms in total. The van der Waals surface area contributed by atoms with Gasteiger partial charge in [0.25, 0.3) is 0 Å². The van der Waals surface area contributed by atoms with Gasteiger partial charge in [-0.1, -0.05) is 0 Å². The maximum Gasteiger partial charge on any atom is 0.136 e. The quantitative estimate of drug-likeness (QED) is 0.867. The number of anilines is 2. The second-order valence-corrected chi connectivity index (χ2v) is 5.77. The minimum atomic E-state index is 0.505. The zero-order valence-corrected chi connectivity index (χ0v) is 11.8. The first-order valence-corrected chi connectivity index (χ1v) is 7.26. The maximum absolute atomic E-state index is 4.68. The summed E-state index contributed by atoms with van der Waals surface area (Å²) in [5.41, 5.74) is 0. The van der Waals surface area contributed by atoms with Gasteiger partial charge in [-0.25, -0.2) is 9.97 Å². The Bertz CT molecular complexity index is 443. The normalized spacial score (nSPS) is 24.2. The van der Waals surface area contributed by atoms with Crippen LogP contribution in [0.2, 0.25) is 0 Å². The standard InChI is InChI=1S/C14H23N5/c1-15-12-8-13(18-14(17-12)10-5-6-10)16-11-4-3-7-19(2)9-11/h8,10-11H,3-7,9H2,1-2H3,(H2,15,16,17,18). The fraction of sp³-hybridized carbons (Fsp3) is 0.714. The Balaban J connectivity index is 1.73. The monoisotopic (exact) mass is 261 g/mol. The van der Waals surface area contributed by atoms with Crippen LogP contribution in [-0.4, -0.2) is 48.1 Å². The molecule has 0 aromatic carbocycles. The van der Waals surface area contributed by atoms with Gasteiger partial charge in [-0.2, -0.15) is 0 Å². The molecule has 1 aliphatic heterocycles. The van der Waals surface area contributed by atoms with Gasteiger partial charge < -0.3 is 15.5 Å². The third kappa shape index (κ3) is 3.15. The third-order valence-corrected chi connectivity index (χ3v) is 3.92. The summed E-state index contributed by atoms with van der Waals surface area (Å²) in [4.78, 5) is 11.6. The molecule has 1 aromatic rings. The summed E-state index contributed by atoms with van der Waals surface area (Å²) in [7, 11) is 4.10. The van der Waals surface area contributed by atoms with E-state index in [0.29, 0.717) is 12.0 Å². The van der Waals surface area contributed by atoms with E-state index in [9.17, 15) is 0 Å². The molecule has 19 heavy (non-hydrogen) atoms. The number of nitrogens with one attached hydrogen (secondary N) is 2. The van der Waals surface area contributed by atoms with Crippen LogP contribution in [0.3, 0.4) is 0 Å². The number of aromatic nitrogens is 2. The van der Waals surface area contributed by atoms with Crippen LogP contribution in [0.1, 0.15) is 37.4 Å². The van der Waals surface area contributed by atoms with Gasteiger partial charge in [-0.15, -0.1) is 0 Å². The van der Waals surface area contributed by atoms with E-state index in [4.69, 9.17) is 0 Å². The Labute approximate surface area is 114 Å². The largest absolute Gasteiger partial charge is 0.373 e. The van der Waals surface area contributed by atoms with Gasteiger partial charge in [0.15, 0.2) is 0 Å². The fourth-order valence-corrected chi connectivity index (χ4v) is 2.69. The van der Waals surface area contributed by atoms with Crippen LogP contribution in [0.15, 0.2) is 6.07 Å². The van der Waals surface area contributed by atoms with Crippen molar-refractivity contribution in [3.63, 3.8) is 0 Å². The molecule has 1 atom stereocenters. The molecule has 5 heteroatoms. The molecule has 1 saturated heterocycles. The van der Waals surface area contributed by atoms with Gasteiger partial charge in [0, 0.05) is 31.6 Å². The van der Waals surface area contributed by atoms with Gasteiger partial charge in [-0.05, 0) is 39.3 Å². The van der Waals surface area contributed by atoms with E-state index in [1.54, 1.807) is 0 Å². The van der Waals surface area contributed by atoms with Crippen LogP contribution in [-0.2, 0) is 0 Å². The molecule has 104 valence electrons. The molecule has 0 radical (unpaired) electrons. The summed E-state index contributed by atoms with van der Waals surface area (Å²) in [6.07, 6.45) is 4.95. The maximum atomic E-state index is 4.68. The summed E-state index contributed by atoms with van der Waals surface area (Å²) in [6.45, 7) is 2.30. The second kappa shape index (κ2) is 5.33. The van der Waals surface area contributed by atoms with E-state index in [1.807, 2.05) is 13.1 Å². The van der Waals surface area contributed by atoms with E-state index >= 15 is 0 Å². The molecule has 2 heterocycles. The van der Waals surface area contributed by atoms with E-state index in [0.717, 1.165) is 24.0 Å². The van der Waals surface area contributed by atoms with Crippen molar-refractivity contribution in [2.75, 3.05) is 37.8 Å². The lowest BCUT2D eigenvalue weighted by Gasteiger charge is -2.30. The van der Waals surface area contributed by atoms with E-state index in [-0.39, 0.29) is 0 Å². The molecular formula is C14H23N5. The van der Waals surface area contributed by atoms with Crippen molar-refractivity contribution < 1.29 is 0 Å². The van der Waals surface area contributed by atoms with Crippen molar-refractivity contribution in [3.05, 3.63) is 11.9 Å². The zero-order valence-electron chi connectivity index (χ0n) is 11.8. The lowest BCUT2D eigenvalue weighted by molar-refractivity contribution is 0.260. The lowest BCUT2D eigenvalue weighted by atomic mass is 10.1. The van der Waals surface area contributed by atoms with Crippen molar-refractivity contribution in [1.82, 2.24) is 14.9 Å². The van der Waals surface area contributed by atoms with Crippen LogP contribution < -0.4 is 10.6 Å². The first-order chi connectivity index (χ1) is 9.24. The molecule has 1 unspecified atom stereocenters. The Morgan fingerprint density at radius 1 is 1.21 bits per heavy atom. The number of piperidine rings is 1. The fourth-order valence-electron chi connectivity index (χ4n) is 2.69. The Morgan fingerprint density at radius 2 is 2.00 bits per heavy atom. The Hall–Kier alpha value is -1.36. The molecule has 1 aromatic heterocycles. The van der Waals surface area contributed by atoms with Crippen LogP contribution in [0.25, 0.3) is 0 Å². The van der Waals surface area contributed by atoms with Crippen LogP contribution in [0.5, 0.6) is 0 Å². The predicted octanol–water partition coefficient (Wildman–Crippen LogP) is 1.90. The van der Waals surface area contributed by atoms with Crippen molar-refractivity contribution >= 4 is 11.6 Å². The smallest absolute Gasteiger partial charge is 0.136 e. The molecular weight excluding hydrogens is 238 g/mol. The Kier molecular flexibility index (Phi) is 3.55. The van der Waals surface area contributed by atoms with Gasteiger partial charge in [0.2, 0.25) is 0 Å². The topological polar surface area (TPSA) is 53.1 Å². The van der Waals surface area contributed by atoms with Crippen LogP contribution in [0.4, 0.5) is 11.6 Å².